The van der Waals surface area contributed by atoms with Crippen LogP contribution < -0.4 is 10.1 Å². The van der Waals surface area contributed by atoms with E-state index in [9.17, 15) is 14.0 Å². The van der Waals surface area contributed by atoms with Crippen molar-refractivity contribution in [2.75, 3.05) is 38.2 Å². The van der Waals surface area contributed by atoms with Gasteiger partial charge in [0.1, 0.15) is 11.8 Å². The van der Waals surface area contributed by atoms with Crippen molar-refractivity contribution in [1.82, 2.24) is 9.88 Å². The lowest BCUT2D eigenvalue weighted by molar-refractivity contribution is -0.0497. The summed E-state index contributed by atoms with van der Waals surface area (Å²) in [5, 5.41) is 13.6. The van der Waals surface area contributed by atoms with E-state index < -0.39 is 6.61 Å². The molecular formula is C21H24F2N4O2. The number of nitrogens with one attached hydrogen (secondary N) is 1. The van der Waals surface area contributed by atoms with Gasteiger partial charge in [0.15, 0.2) is 0 Å². The van der Waals surface area contributed by atoms with Crippen LogP contribution in [-0.2, 0) is 4.74 Å². The molecule has 1 atom stereocenters. The molecule has 4 rings (SSSR count). The number of nitriles is 1. The number of rotatable bonds is 6. The molecule has 8 heteroatoms. The molecule has 2 aliphatic heterocycles. The fourth-order valence-electron chi connectivity index (χ4n) is 4.14. The van der Waals surface area contributed by atoms with E-state index in [2.05, 4.69) is 26.0 Å². The van der Waals surface area contributed by atoms with Crippen molar-refractivity contribution in [3.8, 4) is 11.8 Å². The summed E-state index contributed by atoms with van der Waals surface area (Å²) < 4.78 is 35.2. The highest BCUT2D eigenvalue weighted by atomic mass is 19.3. The number of nitrogens with zero attached hydrogens (tertiary/aromatic N) is 3. The lowest BCUT2D eigenvalue weighted by Gasteiger charge is -2.34. The van der Waals surface area contributed by atoms with Gasteiger partial charge in [-0.05, 0) is 43.4 Å². The predicted octanol–water partition coefficient (Wildman–Crippen LogP) is 3.62. The Morgan fingerprint density at radius 2 is 2.14 bits per heavy atom. The zero-order valence-corrected chi connectivity index (χ0v) is 16.1. The van der Waals surface area contributed by atoms with Crippen LogP contribution in [0.4, 0.5) is 14.5 Å². The molecule has 154 valence electrons. The van der Waals surface area contributed by atoms with Crippen LogP contribution in [0.2, 0.25) is 0 Å². The molecule has 0 amide bonds. The Kier molecular flexibility index (Phi) is 6.07. The molecule has 3 heterocycles. The number of piperidine rings is 1. The van der Waals surface area contributed by atoms with Crippen molar-refractivity contribution >= 4 is 16.6 Å². The Labute approximate surface area is 168 Å². The van der Waals surface area contributed by atoms with Crippen molar-refractivity contribution in [2.45, 2.75) is 31.9 Å². The van der Waals surface area contributed by atoms with Gasteiger partial charge in [-0.1, -0.05) is 0 Å². The highest BCUT2D eigenvalue weighted by Crippen LogP contribution is 2.31. The summed E-state index contributed by atoms with van der Waals surface area (Å²) in [6.07, 6.45) is 4.56. The third-order valence-electron chi connectivity index (χ3n) is 5.66. The maximum atomic E-state index is 12.6. The SMILES string of the molecule is N#Cc1cnc2ccc(OC(F)F)cc2c1NC1CCN(CC2CCOC2)CC1. The zero-order valence-electron chi connectivity index (χ0n) is 16.1. The van der Waals surface area contributed by atoms with Gasteiger partial charge >= 0.3 is 6.61 Å². The van der Waals surface area contributed by atoms with E-state index in [1.807, 2.05) is 0 Å². The van der Waals surface area contributed by atoms with Crippen LogP contribution in [0.15, 0.2) is 24.4 Å². The van der Waals surface area contributed by atoms with Crippen molar-refractivity contribution in [3.63, 3.8) is 0 Å². The van der Waals surface area contributed by atoms with Crippen LogP contribution in [0.1, 0.15) is 24.8 Å². The van der Waals surface area contributed by atoms with Crippen LogP contribution >= 0.6 is 0 Å². The molecule has 1 N–H and O–H groups in total. The molecule has 0 spiro atoms. The van der Waals surface area contributed by atoms with E-state index in [-0.39, 0.29) is 11.8 Å². The molecule has 0 saturated carbocycles. The van der Waals surface area contributed by atoms with Crippen LogP contribution in [0, 0.1) is 17.2 Å². The van der Waals surface area contributed by atoms with E-state index in [1.165, 1.54) is 18.3 Å². The summed E-state index contributed by atoms with van der Waals surface area (Å²) in [4.78, 5) is 6.74. The summed E-state index contributed by atoms with van der Waals surface area (Å²) >= 11 is 0. The van der Waals surface area contributed by atoms with Gasteiger partial charge in [0, 0.05) is 43.9 Å². The maximum Gasteiger partial charge on any atom is 0.387 e. The number of hydrogen-bond donors (Lipinski definition) is 1. The van der Waals surface area contributed by atoms with Gasteiger partial charge in [-0.3, -0.25) is 4.98 Å². The van der Waals surface area contributed by atoms with Crippen molar-refractivity contribution in [2.24, 2.45) is 5.92 Å². The quantitative estimate of drug-likeness (QED) is 0.796. The molecule has 1 unspecified atom stereocenters. The number of aromatic nitrogens is 1. The second-order valence-electron chi connectivity index (χ2n) is 7.66. The molecule has 29 heavy (non-hydrogen) atoms. The Morgan fingerprint density at radius 3 is 2.83 bits per heavy atom. The first-order chi connectivity index (χ1) is 14.1. The molecule has 1 aromatic carbocycles. The lowest BCUT2D eigenvalue weighted by atomic mass is 10.0. The standard InChI is InChI=1S/C21H24F2N4O2/c22-21(23)29-17-1-2-19-18(9-17)20(15(10-24)11-25-19)26-16-3-6-27(7-4-16)12-14-5-8-28-13-14/h1-2,9,11,14,16,21H,3-8,12-13H2,(H,25,26). The molecule has 2 aliphatic rings. The van der Waals surface area contributed by atoms with E-state index in [0.717, 1.165) is 52.1 Å². The number of likely N-dealkylation sites (tertiary alicyclic amines) is 1. The average molecular weight is 402 g/mol. The minimum absolute atomic E-state index is 0.0565. The first-order valence-corrected chi connectivity index (χ1v) is 9.96. The summed E-state index contributed by atoms with van der Waals surface area (Å²) in [5.41, 5.74) is 1.67. The fraction of sp³-hybridized carbons (Fsp3) is 0.524. The summed E-state index contributed by atoms with van der Waals surface area (Å²) in [7, 11) is 0. The van der Waals surface area contributed by atoms with Gasteiger partial charge in [-0.15, -0.1) is 0 Å². The summed E-state index contributed by atoms with van der Waals surface area (Å²) in [6, 6.07) is 6.98. The number of pyridine rings is 1. The van der Waals surface area contributed by atoms with Gasteiger partial charge in [-0.25, -0.2) is 0 Å². The van der Waals surface area contributed by atoms with Gasteiger partial charge in [0.2, 0.25) is 0 Å². The Morgan fingerprint density at radius 1 is 1.31 bits per heavy atom. The molecule has 2 aromatic rings. The molecule has 1 aromatic heterocycles. The zero-order chi connectivity index (χ0) is 20.2. The normalized spacial score (nSPS) is 20.8. The lowest BCUT2D eigenvalue weighted by Crippen LogP contribution is -2.41. The molecular weight excluding hydrogens is 378 g/mol. The van der Waals surface area contributed by atoms with Gasteiger partial charge in [0.05, 0.1) is 23.4 Å². The monoisotopic (exact) mass is 402 g/mol. The Balaban J connectivity index is 1.48. The molecule has 6 nitrogen and oxygen atoms in total. The first-order valence-electron chi connectivity index (χ1n) is 9.96. The smallest absolute Gasteiger partial charge is 0.387 e. The van der Waals surface area contributed by atoms with Gasteiger partial charge in [-0.2, -0.15) is 14.0 Å². The van der Waals surface area contributed by atoms with Crippen molar-refractivity contribution in [1.29, 1.82) is 5.26 Å². The number of hydrogen-bond acceptors (Lipinski definition) is 6. The molecule has 0 aliphatic carbocycles. The van der Waals surface area contributed by atoms with E-state index >= 15 is 0 Å². The maximum absolute atomic E-state index is 12.6. The Hall–Kier alpha value is -2.50. The van der Waals surface area contributed by atoms with Crippen LogP contribution in [0.3, 0.4) is 0 Å². The topological polar surface area (TPSA) is 70.4 Å². The molecule has 2 fully saturated rings. The second-order valence-corrected chi connectivity index (χ2v) is 7.66. The summed E-state index contributed by atoms with van der Waals surface area (Å²) in [5.74, 6) is 0.683. The number of fused-ring (bicyclic) bond motifs is 1. The van der Waals surface area contributed by atoms with Crippen molar-refractivity contribution < 1.29 is 18.3 Å². The molecule has 2 saturated heterocycles. The minimum Gasteiger partial charge on any atom is -0.435 e. The number of benzene rings is 1. The third kappa shape index (κ3) is 4.74. The van der Waals surface area contributed by atoms with Gasteiger partial charge in [0.25, 0.3) is 0 Å². The van der Waals surface area contributed by atoms with E-state index in [0.29, 0.717) is 28.1 Å². The Bertz CT molecular complexity index is 888. The number of halogens is 2. The average Bonchev–Trinajstić information content (AvgIpc) is 3.22. The highest BCUT2D eigenvalue weighted by molar-refractivity contribution is 5.95. The molecule has 0 bridgehead atoms. The van der Waals surface area contributed by atoms with Crippen molar-refractivity contribution in [3.05, 3.63) is 30.0 Å². The third-order valence-corrected chi connectivity index (χ3v) is 5.66. The number of alkyl halides is 2. The molecule has 0 radical (unpaired) electrons. The van der Waals surface area contributed by atoms with E-state index in [4.69, 9.17) is 4.74 Å². The van der Waals surface area contributed by atoms with E-state index in [1.54, 1.807) is 6.07 Å². The summed E-state index contributed by atoms with van der Waals surface area (Å²) in [6.45, 7) is 1.87. The van der Waals surface area contributed by atoms with Crippen LogP contribution in [0.5, 0.6) is 5.75 Å². The second kappa shape index (κ2) is 8.89. The first kappa shape index (κ1) is 19.8. The largest absolute Gasteiger partial charge is 0.435 e. The minimum atomic E-state index is -2.90. The highest BCUT2D eigenvalue weighted by Gasteiger charge is 2.25. The number of anilines is 1. The van der Waals surface area contributed by atoms with Crippen LogP contribution in [0.25, 0.3) is 10.9 Å². The van der Waals surface area contributed by atoms with Gasteiger partial charge < -0.3 is 19.7 Å². The predicted molar refractivity (Wildman–Crippen MR) is 105 cm³/mol. The fourth-order valence-corrected chi connectivity index (χ4v) is 4.14. The number of ether oxygens (including phenoxy) is 2. The van der Waals surface area contributed by atoms with Crippen LogP contribution in [-0.4, -0.2) is 55.4 Å².